The molecule has 2 N–H and O–H groups in total. The van der Waals surface area contributed by atoms with Crippen molar-refractivity contribution in [1.82, 2.24) is 15.2 Å². The molecule has 3 aliphatic rings. The highest BCUT2D eigenvalue weighted by Crippen LogP contribution is 2.43. The van der Waals surface area contributed by atoms with Crippen molar-refractivity contribution >= 4 is 46.6 Å². The molecular formula is C47H67N3O12. The predicted molar refractivity (Wildman–Crippen MR) is 231 cm³/mol. The van der Waals surface area contributed by atoms with Crippen molar-refractivity contribution in [3.05, 3.63) is 48.2 Å². The molecule has 0 saturated carbocycles. The van der Waals surface area contributed by atoms with E-state index in [1.807, 2.05) is 62.3 Å². The number of likely N-dealkylation sites (N-methyl/N-ethyl adjacent to an activating group) is 1. The fourth-order valence-electron chi connectivity index (χ4n) is 9.64. The van der Waals surface area contributed by atoms with Crippen molar-refractivity contribution in [3.8, 4) is 0 Å². The number of fused-ring (bicyclic) bond motifs is 2. The first-order chi connectivity index (χ1) is 29.2. The van der Waals surface area contributed by atoms with E-state index in [0.29, 0.717) is 6.42 Å². The van der Waals surface area contributed by atoms with Gasteiger partial charge >= 0.3 is 18.0 Å². The minimum absolute atomic E-state index is 0.00366. The smallest absolute Gasteiger partial charge is 0.408 e. The van der Waals surface area contributed by atoms with Gasteiger partial charge in [-0.1, -0.05) is 58.0 Å². The summed E-state index contributed by atoms with van der Waals surface area (Å²) in [7, 11) is 3.70. The van der Waals surface area contributed by atoms with Crippen LogP contribution in [-0.4, -0.2) is 126 Å². The average molecular weight is 866 g/mol. The Morgan fingerprint density at radius 3 is 2.44 bits per heavy atom. The number of aliphatic hydroxyl groups is 1. The number of hydrogen-bond donors (Lipinski definition) is 2. The third-order valence-electron chi connectivity index (χ3n) is 13.2. The number of para-hydroxylation sites is 1. The number of benzene rings is 1. The van der Waals surface area contributed by atoms with Crippen LogP contribution in [0.4, 0.5) is 4.79 Å². The molecule has 342 valence electrons. The Hall–Kier alpha value is -4.28. The summed E-state index contributed by atoms with van der Waals surface area (Å²) >= 11 is 0. The van der Waals surface area contributed by atoms with Gasteiger partial charge in [0.25, 0.3) is 0 Å². The van der Waals surface area contributed by atoms with Crippen LogP contribution in [0.25, 0.3) is 17.0 Å². The highest BCUT2D eigenvalue weighted by Gasteiger charge is 2.59. The number of hydrogen-bond acceptors (Lipinski definition) is 14. The average Bonchev–Trinajstić information content (AvgIpc) is 3.55. The van der Waals surface area contributed by atoms with E-state index in [0.717, 1.165) is 16.5 Å². The number of ketones is 2. The maximum atomic E-state index is 15.4. The molecule has 62 heavy (non-hydrogen) atoms. The molecule has 1 aromatic heterocycles. The predicted octanol–water partition coefficient (Wildman–Crippen LogP) is 5.82. The van der Waals surface area contributed by atoms with Crippen molar-refractivity contribution in [2.75, 3.05) is 27.3 Å². The van der Waals surface area contributed by atoms with Crippen LogP contribution in [0.1, 0.15) is 100.0 Å². The van der Waals surface area contributed by atoms with Gasteiger partial charge in [0.2, 0.25) is 0 Å². The summed E-state index contributed by atoms with van der Waals surface area (Å²) in [6, 6.07) is 8.48. The molecular weight excluding hydrogens is 799 g/mol. The summed E-state index contributed by atoms with van der Waals surface area (Å²) in [6.45, 7) is 15.3. The second-order valence-electron chi connectivity index (χ2n) is 18.2. The number of alkyl carbamates (subject to hydrolysis) is 1. The van der Waals surface area contributed by atoms with Crippen LogP contribution in [0.3, 0.4) is 0 Å². The van der Waals surface area contributed by atoms with Crippen LogP contribution in [0.2, 0.25) is 0 Å². The molecule has 2 unspecified atom stereocenters. The zero-order valence-electron chi connectivity index (χ0n) is 38.2. The number of ether oxygens (including phenoxy) is 6. The van der Waals surface area contributed by atoms with E-state index < -0.39 is 88.8 Å². The lowest BCUT2D eigenvalue weighted by molar-refractivity contribution is -0.297. The van der Waals surface area contributed by atoms with Crippen LogP contribution in [0.5, 0.6) is 0 Å². The zero-order chi connectivity index (χ0) is 45.7. The molecule has 13 atom stereocenters. The van der Waals surface area contributed by atoms with Gasteiger partial charge in [0, 0.05) is 41.8 Å². The topological polar surface area (TPSA) is 189 Å². The van der Waals surface area contributed by atoms with Crippen LogP contribution < -0.4 is 5.32 Å². The Kier molecular flexibility index (Phi) is 15.8. The van der Waals surface area contributed by atoms with Crippen molar-refractivity contribution in [2.45, 2.75) is 148 Å². The van der Waals surface area contributed by atoms with Gasteiger partial charge in [-0.15, -0.1) is 0 Å². The molecule has 3 fully saturated rings. The monoisotopic (exact) mass is 865 g/mol. The summed E-state index contributed by atoms with van der Waals surface area (Å²) in [5.74, 6) is -5.17. The van der Waals surface area contributed by atoms with Gasteiger partial charge in [-0.2, -0.15) is 0 Å². The number of amides is 1. The van der Waals surface area contributed by atoms with Gasteiger partial charge in [-0.3, -0.25) is 24.2 Å². The van der Waals surface area contributed by atoms with Crippen LogP contribution in [0.15, 0.2) is 42.6 Å². The van der Waals surface area contributed by atoms with Crippen LogP contribution in [0, 0.1) is 23.2 Å². The number of aromatic nitrogens is 1. The van der Waals surface area contributed by atoms with E-state index in [4.69, 9.17) is 28.4 Å². The number of carbonyl (C=O) groups is 5. The van der Waals surface area contributed by atoms with Gasteiger partial charge in [-0.25, -0.2) is 4.79 Å². The van der Waals surface area contributed by atoms with Gasteiger partial charge in [-0.05, 0) is 92.1 Å². The minimum atomic E-state index is -1.96. The number of rotatable bonds is 12. The number of cyclic esters (lactones) is 1. The zero-order valence-corrected chi connectivity index (χ0v) is 38.2. The highest BCUT2D eigenvalue weighted by molar-refractivity contribution is 6.05. The standard InChI is InChI=1S/C47H67N3O12/c1-12-35-47(9)39(49-44(56)62-47)29(5)37(52)27(3)25-46(8,58-22-16-17-31-24-32-18-14-15-19-33(32)48-26-31)41(61-42-38(53)34(50(10)11)23-28(4)59-42)30(6)40(54)45(7,43(55)60-35)21-20-36(51)57-13-2/h14-19,24,26-30,34-35,38-39,41-42,53H,12-13,20-23,25H2,1-11H3,(H,49,56)/b17-16+/t27-,28-,29-,30+,34+,35+,38-,39?,41-,42+,45?,46+,47-/m1/s1. The normalized spacial score (nSPS) is 36.2. The lowest BCUT2D eigenvalue weighted by Crippen LogP contribution is -2.61. The highest BCUT2D eigenvalue weighted by atomic mass is 16.7. The Morgan fingerprint density at radius 1 is 1.05 bits per heavy atom. The van der Waals surface area contributed by atoms with Crippen LogP contribution >= 0.6 is 0 Å². The number of aliphatic hydroxyl groups excluding tert-OH is 1. The van der Waals surface area contributed by atoms with Gasteiger partial charge in [0.1, 0.15) is 23.4 Å². The molecule has 0 bridgehead atoms. The largest absolute Gasteiger partial charge is 0.466 e. The fourth-order valence-corrected chi connectivity index (χ4v) is 9.64. The molecule has 1 amide bonds. The number of pyridine rings is 1. The van der Waals surface area contributed by atoms with E-state index in [1.165, 1.54) is 6.92 Å². The summed E-state index contributed by atoms with van der Waals surface area (Å²) < 4.78 is 37.2. The molecule has 15 nitrogen and oxygen atoms in total. The first-order valence-electron chi connectivity index (χ1n) is 21.9. The molecule has 0 spiro atoms. The molecule has 5 rings (SSSR count). The van der Waals surface area contributed by atoms with E-state index in [-0.39, 0.29) is 56.8 Å². The fraction of sp³-hybridized carbons (Fsp3) is 0.660. The number of esters is 2. The second-order valence-corrected chi connectivity index (χ2v) is 18.2. The maximum absolute atomic E-state index is 15.4. The summed E-state index contributed by atoms with van der Waals surface area (Å²) in [5.41, 5.74) is -3.27. The van der Waals surface area contributed by atoms with Gasteiger partial charge in [0.15, 0.2) is 17.7 Å². The van der Waals surface area contributed by atoms with Crippen molar-refractivity contribution in [3.63, 3.8) is 0 Å². The van der Waals surface area contributed by atoms with E-state index >= 15 is 4.79 Å². The molecule has 2 aromatic rings. The van der Waals surface area contributed by atoms with E-state index in [1.54, 1.807) is 60.7 Å². The Labute approximate surface area is 365 Å². The van der Waals surface area contributed by atoms with Gasteiger partial charge in [0.05, 0.1) is 42.6 Å². The maximum Gasteiger partial charge on any atom is 0.408 e. The molecule has 15 heteroatoms. The van der Waals surface area contributed by atoms with Crippen molar-refractivity contribution < 1.29 is 57.5 Å². The van der Waals surface area contributed by atoms with Crippen molar-refractivity contribution in [2.24, 2.45) is 23.2 Å². The molecule has 3 aliphatic heterocycles. The number of Topliss-reactive ketones (excluding diaryl/α,β-unsaturated/α-hetero) is 2. The first kappa shape index (κ1) is 48.7. The second kappa shape index (κ2) is 20.0. The Morgan fingerprint density at radius 2 is 1.76 bits per heavy atom. The quantitative estimate of drug-likeness (QED) is 0.147. The lowest BCUT2D eigenvalue weighted by Gasteiger charge is -2.48. The number of nitrogens with zero attached hydrogens (tertiary/aromatic N) is 2. The summed E-state index contributed by atoms with van der Waals surface area (Å²) in [5, 5.41) is 15.5. The number of nitrogens with one attached hydrogen (secondary N) is 1. The molecule has 4 heterocycles. The third-order valence-corrected chi connectivity index (χ3v) is 13.2. The Bertz CT molecular complexity index is 1970. The van der Waals surface area contributed by atoms with Gasteiger partial charge < -0.3 is 43.7 Å². The van der Waals surface area contributed by atoms with E-state index in [2.05, 4.69) is 10.3 Å². The van der Waals surface area contributed by atoms with E-state index in [9.17, 15) is 24.3 Å². The van der Waals surface area contributed by atoms with Crippen molar-refractivity contribution in [1.29, 1.82) is 0 Å². The molecule has 1 aromatic carbocycles. The molecule has 0 aliphatic carbocycles. The SMILES string of the molecule is CCOC(=O)CCC1(C)C(=O)O[C@@H](CC)[C@@]2(C)OC(=O)NC2[C@H](C)C(=O)[C@H](C)C[C@](C)(OC/C=C/c2cnc3ccccc3c2)[C@H](O[C@@H]2O[C@H](C)C[C@H](N(C)C)[C@H]2O)[C@@H](C)C1=O. The first-order valence-corrected chi connectivity index (χ1v) is 21.9. The minimum Gasteiger partial charge on any atom is -0.466 e. The summed E-state index contributed by atoms with van der Waals surface area (Å²) in [6.07, 6.45) is -0.303. The molecule has 3 saturated heterocycles. The molecule has 0 radical (unpaired) electrons. The Balaban J connectivity index is 1.64. The third kappa shape index (κ3) is 10.4. The lowest BCUT2D eigenvalue weighted by atomic mass is 9.70. The number of carbonyl (C=O) groups excluding carboxylic acids is 5. The summed E-state index contributed by atoms with van der Waals surface area (Å²) in [4.78, 5) is 77.0. The van der Waals surface area contributed by atoms with Crippen LogP contribution in [-0.2, 0) is 47.6 Å².